The molecule has 0 aliphatic heterocycles. The first-order valence-electron chi connectivity index (χ1n) is 10.1. The SMILES string of the molecule is CC(Br)c1ccc(C(=O)O)cc1.c1ccc([PH+](c2ccccc2)c2ccccc2)cc1. The van der Waals surface area contributed by atoms with Crippen LogP contribution in [0.2, 0.25) is 0 Å². The lowest BCUT2D eigenvalue weighted by Crippen LogP contribution is -2.20. The van der Waals surface area contributed by atoms with Gasteiger partial charge in [0.25, 0.3) is 0 Å². The minimum absolute atomic E-state index is 0.264. The Bertz CT molecular complexity index is 973. The van der Waals surface area contributed by atoms with Crippen LogP contribution in [0.1, 0.15) is 27.7 Å². The van der Waals surface area contributed by atoms with Crippen molar-refractivity contribution in [3.63, 3.8) is 0 Å². The quantitative estimate of drug-likeness (QED) is 0.274. The largest absolute Gasteiger partial charge is 0.478 e. The van der Waals surface area contributed by atoms with Gasteiger partial charge in [0.15, 0.2) is 0 Å². The number of halogens is 1. The Labute approximate surface area is 193 Å². The lowest BCUT2D eigenvalue weighted by atomic mass is 10.1. The Kier molecular flexibility index (Phi) is 8.58. The van der Waals surface area contributed by atoms with Crippen LogP contribution in [0.3, 0.4) is 0 Å². The summed E-state index contributed by atoms with van der Waals surface area (Å²) >= 11 is 3.40. The van der Waals surface area contributed by atoms with Gasteiger partial charge in [-0.2, -0.15) is 0 Å². The van der Waals surface area contributed by atoms with Crippen LogP contribution >= 0.6 is 23.9 Å². The number of carboxylic acid groups (broad SMARTS) is 1. The summed E-state index contributed by atoms with van der Waals surface area (Å²) in [6, 6.07) is 39.3. The van der Waals surface area contributed by atoms with Crippen molar-refractivity contribution in [3.8, 4) is 0 Å². The fourth-order valence-corrected chi connectivity index (χ4v) is 6.09. The van der Waals surface area contributed by atoms with E-state index in [9.17, 15) is 4.79 Å². The zero-order valence-electron chi connectivity index (χ0n) is 17.3. The summed E-state index contributed by atoms with van der Waals surface area (Å²) < 4.78 is 0. The van der Waals surface area contributed by atoms with Crippen molar-refractivity contribution in [3.05, 3.63) is 126 Å². The van der Waals surface area contributed by atoms with Gasteiger partial charge < -0.3 is 5.11 Å². The molecule has 1 unspecified atom stereocenters. The molecule has 0 saturated heterocycles. The summed E-state index contributed by atoms with van der Waals surface area (Å²) in [7, 11) is -0.877. The summed E-state index contributed by atoms with van der Waals surface area (Å²) in [5.41, 5.74) is 1.41. The van der Waals surface area contributed by atoms with E-state index in [2.05, 4.69) is 107 Å². The monoisotopic (exact) mass is 491 g/mol. The molecule has 1 atom stereocenters. The molecule has 4 rings (SSSR count). The first kappa shape index (κ1) is 22.9. The van der Waals surface area contributed by atoms with E-state index in [1.54, 1.807) is 12.1 Å². The van der Waals surface area contributed by atoms with Gasteiger partial charge in [-0.15, -0.1) is 0 Å². The summed E-state index contributed by atoms with van der Waals surface area (Å²) in [6.07, 6.45) is 0. The van der Waals surface area contributed by atoms with E-state index >= 15 is 0 Å². The van der Waals surface area contributed by atoms with Crippen molar-refractivity contribution in [2.45, 2.75) is 11.8 Å². The molecule has 4 aromatic carbocycles. The molecule has 0 aliphatic rings. The van der Waals surface area contributed by atoms with E-state index in [0.717, 1.165) is 5.56 Å². The molecule has 0 saturated carbocycles. The normalized spacial score (nSPS) is 11.3. The van der Waals surface area contributed by atoms with E-state index in [1.807, 2.05) is 19.1 Å². The second-order valence-corrected chi connectivity index (χ2v) is 10.9. The molecular weight excluding hydrogens is 467 g/mol. The van der Waals surface area contributed by atoms with Gasteiger partial charge in [-0.3, -0.25) is 0 Å². The molecule has 4 aromatic rings. The highest BCUT2D eigenvalue weighted by atomic mass is 79.9. The minimum Gasteiger partial charge on any atom is -0.478 e. The molecule has 31 heavy (non-hydrogen) atoms. The van der Waals surface area contributed by atoms with E-state index < -0.39 is 13.9 Å². The third-order valence-corrected chi connectivity index (χ3v) is 8.07. The van der Waals surface area contributed by atoms with Crippen molar-refractivity contribution < 1.29 is 9.90 Å². The lowest BCUT2D eigenvalue weighted by molar-refractivity contribution is 0.0697. The maximum absolute atomic E-state index is 10.5. The topological polar surface area (TPSA) is 37.3 Å². The van der Waals surface area contributed by atoms with Crippen molar-refractivity contribution >= 4 is 45.7 Å². The maximum atomic E-state index is 10.5. The van der Waals surface area contributed by atoms with Crippen LogP contribution in [0.15, 0.2) is 115 Å². The Morgan fingerprint density at radius 1 is 0.677 bits per heavy atom. The van der Waals surface area contributed by atoms with Gasteiger partial charge in [-0.05, 0) is 61.0 Å². The Balaban J connectivity index is 0.000000196. The van der Waals surface area contributed by atoms with Crippen LogP contribution in [-0.2, 0) is 0 Å². The van der Waals surface area contributed by atoms with E-state index in [-0.39, 0.29) is 4.83 Å². The molecule has 0 amide bonds. The first-order valence-corrected chi connectivity index (χ1v) is 12.5. The van der Waals surface area contributed by atoms with Gasteiger partial charge in [-0.1, -0.05) is 82.7 Å². The van der Waals surface area contributed by atoms with Gasteiger partial charge in [0.2, 0.25) is 0 Å². The molecule has 0 aliphatic carbocycles. The standard InChI is InChI=1S/C18H15P.C9H9BrO2/c1-4-10-16(11-5-1)19(17-12-6-2-7-13-17)18-14-8-3-9-15-18;1-6(10)7-2-4-8(5-3-7)9(11)12/h1-15H;2-6H,1H3,(H,11,12)/p+1. The van der Waals surface area contributed by atoms with Gasteiger partial charge in [0.05, 0.1) is 13.5 Å². The third kappa shape index (κ3) is 6.62. The van der Waals surface area contributed by atoms with Gasteiger partial charge >= 0.3 is 5.97 Å². The van der Waals surface area contributed by atoms with Crippen LogP contribution in [0.25, 0.3) is 0 Å². The van der Waals surface area contributed by atoms with Gasteiger partial charge in [0, 0.05) is 4.83 Å². The molecule has 156 valence electrons. The summed E-state index contributed by atoms with van der Waals surface area (Å²) in [5.74, 6) is -0.885. The zero-order chi connectivity index (χ0) is 22.1. The number of rotatable bonds is 5. The molecule has 0 spiro atoms. The Morgan fingerprint density at radius 3 is 1.32 bits per heavy atom. The van der Waals surface area contributed by atoms with E-state index in [1.165, 1.54) is 15.9 Å². The van der Waals surface area contributed by atoms with Crippen LogP contribution in [0, 0.1) is 0 Å². The van der Waals surface area contributed by atoms with Crippen molar-refractivity contribution in [1.82, 2.24) is 0 Å². The number of alkyl halides is 1. The van der Waals surface area contributed by atoms with Crippen LogP contribution in [0.4, 0.5) is 0 Å². The maximum Gasteiger partial charge on any atom is 0.335 e. The third-order valence-electron chi connectivity index (χ3n) is 4.80. The van der Waals surface area contributed by atoms with Crippen molar-refractivity contribution in [2.24, 2.45) is 0 Å². The smallest absolute Gasteiger partial charge is 0.335 e. The Morgan fingerprint density at radius 2 is 1.03 bits per heavy atom. The van der Waals surface area contributed by atoms with Crippen LogP contribution in [-0.4, -0.2) is 11.1 Å². The number of hydrogen-bond acceptors (Lipinski definition) is 1. The van der Waals surface area contributed by atoms with Crippen molar-refractivity contribution in [2.75, 3.05) is 0 Å². The van der Waals surface area contributed by atoms with Crippen LogP contribution < -0.4 is 15.9 Å². The minimum atomic E-state index is -0.885. The molecule has 0 bridgehead atoms. The number of carboxylic acids is 1. The number of aromatic carboxylic acids is 1. The summed E-state index contributed by atoms with van der Waals surface area (Å²) in [5, 5.41) is 12.9. The molecular formula is C27H25BrO2P+. The number of carbonyl (C=O) groups is 1. The predicted octanol–water partition coefficient (Wildman–Crippen LogP) is 6.02. The van der Waals surface area contributed by atoms with Gasteiger partial charge in [0.1, 0.15) is 15.9 Å². The van der Waals surface area contributed by atoms with Crippen LogP contribution in [0.5, 0.6) is 0 Å². The molecule has 0 radical (unpaired) electrons. The van der Waals surface area contributed by atoms with Gasteiger partial charge in [-0.25, -0.2) is 4.79 Å². The highest BCUT2D eigenvalue weighted by molar-refractivity contribution is 9.09. The average molecular weight is 492 g/mol. The molecule has 0 heterocycles. The predicted molar refractivity (Wildman–Crippen MR) is 137 cm³/mol. The van der Waals surface area contributed by atoms with Crippen molar-refractivity contribution in [1.29, 1.82) is 0 Å². The molecule has 4 heteroatoms. The van der Waals surface area contributed by atoms with E-state index in [0.29, 0.717) is 5.56 Å². The highest BCUT2D eigenvalue weighted by Gasteiger charge is 2.24. The Hall–Kier alpha value is -2.74. The fourth-order valence-electron chi connectivity index (χ4n) is 3.21. The second kappa shape index (κ2) is 11.6. The molecule has 1 N–H and O–H groups in total. The summed E-state index contributed by atoms with van der Waals surface area (Å²) in [4.78, 5) is 10.7. The number of hydrogen-bond donors (Lipinski definition) is 1. The first-order chi connectivity index (χ1) is 15.1. The fraction of sp³-hybridized carbons (Fsp3) is 0.0741. The summed E-state index contributed by atoms with van der Waals surface area (Å²) in [6.45, 7) is 2.00. The lowest BCUT2D eigenvalue weighted by Gasteiger charge is -2.10. The highest BCUT2D eigenvalue weighted by Crippen LogP contribution is 2.32. The molecule has 0 aromatic heterocycles. The molecule has 2 nitrogen and oxygen atoms in total. The zero-order valence-corrected chi connectivity index (χ0v) is 19.9. The number of benzene rings is 4. The second-order valence-electron chi connectivity index (χ2n) is 7.02. The average Bonchev–Trinajstić information content (AvgIpc) is 2.82. The molecule has 0 fully saturated rings. The van der Waals surface area contributed by atoms with E-state index in [4.69, 9.17) is 5.11 Å².